The number of amides is 1. The molecule has 0 radical (unpaired) electrons. The zero-order valence-corrected chi connectivity index (χ0v) is 17.2. The van der Waals surface area contributed by atoms with Crippen LogP contribution in [0.4, 0.5) is 10.1 Å². The minimum absolute atomic E-state index is 0.146. The zero-order chi connectivity index (χ0) is 21.4. The van der Waals surface area contributed by atoms with Crippen molar-refractivity contribution in [1.29, 1.82) is 0 Å². The molecule has 1 saturated heterocycles. The molecule has 4 nitrogen and oxygen atoms in total. The molecule has 154 valence electrons. The topological polar surface area (TPSA) is 45.0 Å². The Kier molecular flexibility index (Phi) is 4.94. The van der Waals surface area contributed by atoms with E-state index in [-0.39, 0.29) is 17.6 Å². The average Bonchev–Trinajstić information content (AvgIpc) is 2.93. The molecule has 1 fully saturated rings. The Bertz CT molecular complexity index is 1180. The Hall–Kier alpha value is -3.60. The molecule has 2 heterocycles. The van der Waals surface area contributed by atoms with E-state index < -0.39 is 6.04 Å². The molecule has 5 heteroatoms. The molecule has 1 amide bonds. The first kappa shape index (κ1) is 19.4. The minimum Gasteiger partial charge on any atom is -0.299 e. The van der Waals surface area contributed by atoms with Crippen molar-refractivity contribution in [1.82, 2.24) is 0 Å². The first-order valence-corrected chi connectivity index (χ1v) is 10.4. The molecule has 0 aromatic heterocycles. The van der Waals surface area contributed by atoms with Crippen LogP contribution in [0.15, 0.2) is 88.8 Å². The number of halogens is 1. The van der Waals surface area contributed by atoms with Crippen molar-refractivity contribution in [3.05, 3.63) is 101 Å². The Labute approximate surface area is 180 Å². The highest BCUT2D eigenvalue weighted by Gasteiger charge is 2.49. The predicted octanol–water partition coefficient (Wildman–Crippen LogP) is 4.78. The molecule has 31 heavy (non-hydrogen) atoms. The van der Waals surface area contributed by atoms with Gasteiger partial charge in [0.05, 0.1) is 30.8 Å². The summed E-state index contributed by atoms with van der Waals surface area (Å²) < 4.78 is 14.3. The quantitative estimate of drug-likeness (QED) is 0.612. The standard InChI is InChI=1S/C26H22FN3O/c1-17-10-12-18(13-11-17)23-22-24(29-15-14-28-23)26(31)30(21-8-3-2-4-9-21)25(22)19-6-5-7-20(27)16-19/h2-13,16,22,25H,14-15H2,1H3/t22?,25-/m0/s1. The second-order valence-electron chi connectivity index (χ2n) is 7.89. The van der Waals surface area contributed by atoms with Crippen LogP contribution in [0.5, 0.6) is 0 Å². The number of para-hydroxylation sites is 1. The van der Waals surface area contributed by atoms with Gasteiger partial charge in [-0.25, -0.2) is 4.39 Å². The van der Waals surface area contributed by atoms with Crippen LogP contribution in [-0.4, -0.2) is 30.4 Å². The van der Waals surface area contributed by atoms with Gasteiger partial charge in [-0.3, -0.25) is 19.7 Å². The number of aliphatic imine (C=N–C) groups is 2. The number of aryl methyl sites for hydroxylation is 1. The maximum atomic E-state index is 14.3. The third-order valence-corrected chi connectivity index (χ3v) is 5.86. The highest BCUT2D eigenvalue weighted by atomic mass is 19.1. The number of hydrogen-bond acceptors (Lipinski definition) is 3. The second-order valence-corrected chi connectivity index (χ2v) is 7.89. The van der Waals surface area contributed by atoms with E-state index in [2.05, 4.69) is 4.99 Å². The molecule has 2 aliphatic heterocycles. The second kappa shape index (κ2) is 7.91. The summed E-state index contributed by atoms with van der Waals surface area (Å²) in [4.78, 5) is 24.9. The lowest BCUT2D eigenvalue weighted by Crippen LogP contribution is -2.31. The first-order chi connectivity index (χ1) is 15.1. The molecular formula is C26H22FN3O. The largest absolute Gasteiger partial charge is 0.299 e. The lowest BCUT2D eigenvalue weighted by molar-refractivity contribution is -0.112. The van der Waals surface area contributed by atoms with Gasteiger partial charge < -0.3 is 0 Å². The molecule has 2 atom stereocenters. The number of anilines is 1. The van der Waals surface area contributed by atoms with Crippen LogP contribution < -0.4 is 4.90 Å². The van der Waals surface area contributed by atoms with Crippen molar-refractivity contribution in [2.24, 2.45) is 15.9 Å². The summed E-state index contributed by atoms with van der Waals surface area (Å²) in [5.41, 5.74) is 4.94. The normalized spacial score (nSPS) is 20.7. The Balaban J connectivity index is 1.72. The molecular weight excluding hydrogens is 389 g/mol. The van der Waals surface area contributed by atoms with Crippen LogP contribution in [0.3, 0.4) is 0 Å². The highest BCUT2D eigenvalue weighted by Crippen LogP contribution is 2.42. The van der Waals surface area contributed by atoms with Gasteiger partial charge in [0.1, 0.15) is 11.5 Å². The highest BCUT2D eigenvalue weighted by molar-refractivity contribution is 6.51. The van der Waals surface area contributed by atoms with Gasteiger partial charge in [0.2, 0.25) is 0 Å². The Morgan fingerprint density at radius 1 is 0.871 bits per heavy atom. The van der Waals surface area contributed by atoms with E-state index in [0.29, 0.717) is 18.8 Å². The number of rotatable bonds is 3. The lowest BCUT2D eigenvalue weighted by Gasteiger charge is -2.29. The molecule has 5 rings (SSSR count). The summed E-state index contributed by atoms with van der Waals surface area (Å²) in [6.45, 7) is 3.03. The maximum absolute atomic E-state index is 14.3. The fraction of sp³-hybridized carbons (Fsp3) is 0.192. The van der Waals surface area contributed by atoms with Gasteiger partial charge in [-0.15, -0.1) is 0 Å². The number of fused-ring (bicyclic) bond motifs is 1. The van der Waals surface area contributed by atoms with E-state index >= 15 is 0 Å². The van der Waals surface area contributed by atoms with E-state index in [9.17, 15) is 9.18 Å². The predicted molar refractivity (Wildman–Crippen MR) is 121 cm³/mol. The number of hydrogen-bond donors (Lipinski definition) is 0. The summed E-state index contributed by atoms with van der Waals surface area (Å²) >= 11 is 0. The summed E-state index contributed by atoms with van der Waals surface area (Å²) in [6, 6.07) is 23.7. The fourth-order valence-corrected chi connectivity index (χ4v) is 4.46. The van der Waals surface area contributed by atoms with E-state index in [4.69, 9.17) is 4.99 Å². The molecule has 3 aromatic rings. The SMILES string of the molecule is Cc1ccc(C2=NCCN=C3C(=O)N(c4ccccc4)[C@@H](c4cccc(F)c4)C32)cc1. The van der Waals surface area contributed by atoms with Crippen LogP contribution in [0.1, 0.15) is 22.7 Å². The molecule has 0 spiro atoms. The first-order valence-electron chi connectivity index (χ1n) is 10.4. The van der Waals surface area contributed by atoms with Crippen LogP contribution in [0.2, 0.25) is 0 Å². The van der Waals surface area contributed by atoms with E-state index in [0.717, 1.165) is 28.1 Å². The van der Waals surface area contributed by atoms with E-state index in [1.807, 2.05) is 67.6 Å². The van der Waals surface area contributed by atoms with Gasteiger partial charge >= 0.3 is 0 Å². The molecule has 3 aromatic carbocycles. The van der Waals surface area contributed by atoms with Crippen LogP contribution in [0.25, 0.3) is 0 Å². The third kappa shape index (κ3) is 3.46. The Morgan fingerprint density at radius 3 is 2.29 bits per heavy atom. The number of carbonyl (C=O) groups is 1. The molecule has 0 aliphatic carbocycles. The van der Waals surface area contributed by atoms with Crippen molar-refractivity contribution >= 4 is 23.0 Å². The molecule has 2 aliphatic rings. The summed E-state index contributed by atoms with van der Waals surface area (Å²) in [7, 11) is 0. The van der Waals surface area contributed by atoms with Crippen LogP contribution >= 0.6 is 0 Å². The van der Waals surface area contributed by atoms with E-state index in [1.54, 1.807) is 11.0 Å². The smallest absolute Gasteiger partial charge is 0.273 e. The van der Waals surface area contributed by atoms with Crippen LogP contribution in [-0.2, 0) is 4.79 Å². The molecule has 0 N–H and O–H groups in total. The van der Waals surface area contributed by atoms with Crippen molar-refractivity contribution in [2.45, 2.75) is 13.0 Å². The van der Waals surface area contributed by atoms with Crippen molar-refractivity contribution in [3.8, 4) is 0 Å². The van der Waals surface area contributed by atoms with Crippen LogP contribution in [0, 0.1) is 18.7 Å². The van der Waals surface area contributed by atoms with Gasteiger partial charge in [-0.05, 0) is 42.3 Å². The van der Waals surface area contributed by atoms with Gasteiger partial charge in [0, 0.05) is 5.69 Å². The number of carbonyl (C=O) groups excluding carboxylic acids is 1. The summed E-state index contributed by atoms with van der Waals surface area (Å²) in [6.07, 6.45) is 0. The zero-order valence-electron chi connectivity index (χ0n) is 17.2. The van der Waals surface area contributed by atoms with Crippen molar-refractivity contribution in [3.63, 3.8) is 0 Å². The van der Waals surface area contributed by atoms with Crippen molar-refractivity contribution in [2.75, 3.05) is 18.0 Å². The van der Waals surface area contributed by atoms with Gasteiger partial charge in [-0.2, -0.15) is 0 Å². The van der Waals surface area contributed by atoms with E-state index in [1.165, 1.54) is 12.1 Å². The monoisotopic (exact) mass is 411 g/mol. The fourth-order valence-electron chi connectivity index (χ4n) is 4.46. The molecule has 0 saturated carbocycles. The number of benzene rings is 3. The van der Waals surface area contributed by atoms with Gasteiger partial charge in [-0.1, -0.05) is 60.2 Å². The van der Waals surface area contributed by atoms with Gasteiger partial charge in [0.15, 0.2) is 0 Å². The molecule has 1 unspecified atom stereocenters. The molecule has 0 bridgehead atoms. The third-order valence-electron chi connectivity index (χ3n) is 5.86. The average molecular weight is 411 g/mol. The lowest BCUT2D eigenvalue weighted by atomic mass is 9.85. The van der Waals surface area contributed by atoms with Crippen molar-refractivity contribution < 1.29 is 9.18 Å². The van der Waals surface area contributed by atoms with Gasteiger partial charge in [0.25, 0.3) is 5.91 Å². The summed E-state index contributed by atoms with van der Waals surface area (Å²) in [5.74, 6) is -0.849. The minimum atomic E-state index is -0.428. The maximum Gasteiger partial charge on any atom is 0.273 e. The summed E-state index contributed by atoms with van der Waals surface area (Å²) in [5, 5.41) is 0. The number of nitrogens with zero attached hydrogens (tertiary/aromatic N) is 3. The Morgan fingerprint density at radius 2 is 1.58 bits per heavy atom.